The summed E-state index contributed by atoms with van der Waals surface area (Å²) in [6.07, 6.45) is 3.03. The summed E-state index contributed by atoms with van der Waals surface area (Å²) in [6, 6.07) is 22.9. The molecule has 12 heterocycles. The number of carbonyl (C=O) groups is 8. The van der Waals surface area contributed by atoms with Crippen molar-refractivity contribution in [1.82, 2.24) is 29.9 Å². The number of nitrogens with one attached hydrogen (secondary N) is 1. The zero-order valence-corrected chi connectivity index (χ0v) is 71.3. The molecular weight excluding hydrogens is 1450 g/mol. The van der Waals surface area contributed by atoms with Gasteiger partial charge in [-0.1, -0.05) is 45.5 Å². The molecule has 5 amide bonds. The molecule has 12 rings (SSSR count). The molecule has 0 bridgehead atoms. The Morgan fingerprint density at radius 2 is 0.763 bits per heavy atom. The topological polar surface area (TPSA) is 318 Å². The van der Waals surface area contributed by atoms with Gasteiger partial charge in [0.15, 0.2) is 11.6 Å². The normalized spacial score (nSPS) is 16.8. The van der Waals surface area contributed by atoms with Gasteiger partial charge < -0.3 is 38.8 Å². The third kappa shape index (κ3) is 26.3. The Balaban J connectivity index is 0.000000191. The van der Waals surface area contributed by atoms with Gasteiger partial charge in [0.25, 0.3) is 0 Å². The minimum absolute atomic E-state index is 0.0160. The minimum Gasteiger partial charge on any atom is -0.466 e. The fourth-order valence-electron chi connectivity index (χ4n) is 12.6. The monoisotopic (exact) mass is 1570 g/mol. The third-order valence-corrected chi connectivity index (χ3v) is 18.2. The average Bonchev–Trinajstić information content (AvgIpc) is 0.810. The first-order valence-corrected chi connectivity index (χ1v) is 39.3. The number of Topliss-reactive ketones (excluding diaryl/α,β-unsaturated/α-hetero) is 2. The van der Waals surface area contributed by atoms with Crippen LogP contribution in [-0.2, 0) is 46.1 Å². The predicted octanol–water partition coefficient (Wildman–Crippen LogP) is 17.6. The van der Waals surface area contributed by atoms with Crippen molar-refractivity contribution in [2.75, 3.05) is 82.3 Å². The molecule has 6 aliphatic rings. The molecule has 0 aliphatic carbocycles. The highest BCUT2D eigenvalue weighted by Crippen LogP contribution is 2.39. The summed E-state index contributed by atoms with van der Waals surface area (Å²) in [5, 5.41) is 12.2. The van der Waals surface area contributed by atoms with E-state index in [1.54, 1.807) is 38.7 Å². The van der Waals surface area contributed by atoms with Crippen LogP contribution in [0.1, 0.15) is 265 Å². The van der Waals surface area contributed by atoms with Crippen LogP contribution in [0.15, 0.2) is 79.4 Å². The molecule has 618 valence electrons. The third-order valence-electron chi connectivity index (χ3n) is 18.2. The van der Waals surface area contributed by atoms with Gasteiger partial charge in [-0.05, 0) is 259 Å². The number of aryl methyl sites for hydroxylation is 4. The van der Waals surface area contributed by atoms with Crippen molar-refractivity contribution in [3.05, 3.63) is 147 Å². The quantitative estimate of drug-likeness (QED) is 0.120. The van der Waals surface area contributed by atoms with Crippen LogP contribution < -0.4 is 29.8 Å². The Hall–Kier alpha value is -10.4. The summed E-state index contributed by atoms with van der Waals surface area (Å²) in [5.41, 5.74) is 8.60. The molecule has 114 heavy (non-hydrogen) atoms. The van der Waals surface area contributed by atoms with E-state index in [2.05, 4.69) is 68.6 Å². The highest BCUT2D eigenvalue weighted by molar-refractivity contribution is 6.07. The van der Waals surface area contributed by atoms with Crippen LogP contribution in [0, 0.1) is 27.7 Å². The number of aliphatic hydroxyl groups excluding tert-OH is 1. The van der Waals surface area contributed by atoms with E-state index in [1.807, 2.05) is 186 Å². The van der Waals surface area contributed by atoms with Gasteiger partial charge in [-0.2, -0.15) is 0 Å². The molecule has 0 fully saturated rings. The zero-order valence-electron chi connectivity index (χ0n) is 71.3. The van der Waals surface area contributed by atoms with E-state index < -0.39 is 40.2 Å². The maximum absolute atomic E-state index is 12.5. The standard InChI is InChI=1S/C18H26N2O4.C16H24N2O3.C15H22N2O2.C15H20N2O2.C14H18N2O3.C9H10N2O/c1-6-23-15(21)11-13-7-8-14-12(2)9-10-20(16(14)19-13)17(22)24-18(3,4)5;1-11-7-9-18(15(20)21-16(2,3)4)14-13(11)6-5-12(17-14)8-10-19;2*1-10-8-9-17(14(18)19-15(3,4)5)13-12(10)7-6-11(2)16-13;1-9-5-6-10-11(17)7-8-16(12(10)15-9)13(18)19-14(2,3)4;1-6-2-3-7-8(12)4-5-10-9(7)11-6/h7-8,12H,6,9-11H2,1-5H3;5-6,11,19H,7-10H2,1-4H3;6-7,10H,8-9H2,1-5H3;6-7H,1,8-9H2,2-5H3;5-6H,7-8H2,1-4H3;2-3H,4-5H2,1H3,(H,10,11). The van der Waals surface area contributed by atoms with Crippen LogP contribution >= 0.6 is 0 Å². The van der Waals surface area contributed by atoms with Gasteiger partial charge in [-0.3, -0.25) is 38.9 Å². The molecule has 0 saturated heterocycles. The van der Waals surface area contributed by atoms with Crippen LogP contribution in [0.5, 0.6) is 0 Å². The maximum Gasteiger partial charge on any atom is 0.416 e. The molecule has 2 N–H and O–H groups in total. The van der Waals surface area contributed by atoms with Crippen molar-refractivity contribution in [2.45, 2.75) is 256 Å². The average molecular weight is 1570 g/mol. The number of nitrogens with zero attached hydrogens (tertiary/aromatic N) is 11. The number of esters is 1. The lowest BCUT2D eigenvalue weighted by Gasteiger charge is -2.33. The molecule has 27 heteroatoms. The van der Waals surface area contributed by atoms with Crippen molar-refractivity contribution in [1.29, 1.82) is 0 Å². The minimum atomic E-state index is -0.567. The summed E-state index contributed by atoms with van der Waals surface area (Å²) >= 11 is 0. The molecule has 0 aromatic carbocycles. The highest BCUT2D eigenvalue weighted by atomic mass is 16.6. The molecule has 6 aromatic rings. The number of aromatic nitrogens is 6. The molecule has 6 aliphatic heterocycles. The summed E-state index contributed by atoms with van der Waals surface area (Å²) in [4.78, 5) is 131. The second kappa shape index (κ2) is 38.6. The smallest absolute Gasteiger partial charge is 0.416 e. The molecule has 0 radical (unpaired) electrons. The molecule has 0 saturated carbocycles. The van der Waals surface area contributed by atoms with Crippen molar-refractivity contribution in [2.24, 2.45) is 0 Å². The Morgan fingerprint density at radius 3 is 1.18 bits per heavy atom. The first-order valence-electron chi connectivity index (χ1n) is 39.3. The van der Waals surface area contributed by atoms with Gasteiger partial charge in [0.05, 0.1) is 29.8 Å². The van der Waals surface area contributed by atoms with Crippen LogP contribution in [-0.4, -0.2) is 163 Å². The largest absolute Gasteiger partial charge is 0.466 e. The van der Waals surface area contributed by atoms with Crippen molar-refractivity contribution in [3.63, 3.8) is 0 Å². The summed E-state index contributed by atoms with van der Waals surface area (Å²) in [6.45, 7) is 51.3. The number of fused-ring (bicyclic) bond motifs is 6. The first kappa shape index (κ1) is 90.7. The number of amides is 5. The lowest BCUT2D eigenvalue weighted by atomic mass is 9.94. The number of carbonyl (C=O) groups excluding carboxylic acids is 8. The fraction of sp³-hybridized carbons (Fsp3) is 0.540. The number of pyridine rings is 6. The number of rotatable bonds is 5. The Kier molecular flexibility index (Phi) is 30.7. The van der Waals surface area contributed by atoms with Gasteiger partial charge in [0.1, 0.15) is 62.9 Å². The van der Waals surface area contributed by atoms with Crippen molar-refractivity contribution in [3.8, 4) is 0 Å². The van der Waals surface area contributed by atoms with Crippen LogP contribution in [0.4, 0.5) is 58.9 Å². The van der Waals surface area contributed by atoms with Crippen LogP contribution in [0.25, 0.3) is 5.57 Å². The molecular formula is C87H120N12O15. The number of hydrogen-bond donors (Lipinski definition) is 2. The Bertz CT molecular complexity index is 4370. The predicted molar refractivity (Wildman–Crippen MR) is 443 cm³/mol. The fourth-order valence-corrected chi connectivity index (χ4v) is 12.6. The lowest BCUT2D eigenvalue weighted by Crippen LogP contribution is -2.41. The summed E-state index contributed by atoms with van der Waals surface area (Å²) < 4.78 is 32.1. The second-order valence-corrected chi connectivity index (χ2v) is 34.1. The van der Waals surface area contributed by atoms with Crippen molar-refractivity contribution < 1.29 is 71.9 Å². The van der Waals surface area contributed by atoms with Gasteiger partial charge in [0.2, 0.25) is 0 Å². The van der Waals surface area contributed by atoms with Gasteiger partial charge >= 0.3 is 36.4 Å². The van der Waals surface area contributed by atoms with Gasteiger partial charge in [-0.15, -0.1) is 0 Å². The van der Waals surface area contributed by atoms with Gasteiger partial charge in [-0.25, -0.2) is 53.9 Å². The summed E-state index contributed by atoms with van der Waals surface area (Å²) in [5.74, 6) is 4.82. The number of aliphatic hydroxyl groups is 1. The number of ether oxygens (including phenoxy) is 6. The van der Waals surface area contributed by atoms with E-state index in [0.29, 0.717) is 117 Å². The highest BCUT2D eigenvalue weighted by Gasteiger charge is 2.37. The van der Waals surface area contributed by atoms with Crippen LogP contribution in [0.3, 0.4) is 0 Å². The van der Waals surface area contributed by atoms with E-state index >= 15 is 0 Å². The SMILES string of the molecule is C=C1CCN(C(=O)OC(C)(C)C)c2nc(C)ccc21.CC1CCN(C(=O)OC(C)(C)C)c2nc(CCO)ccc21.CCOC(=O)Cc1ccc2c(n1)N(C(=O)OC(C)(C)C)CCC2C.Cc1ccc2c(n1)N(C(=O)OC(C)(C)C)CCC2=O.Cc1ccc2c(n1)N(C(=O)OC(C)(C)C)CCC2C.Cc1ccc2c(n1)NCCC2=O. The van der Waals surface area contributed by atoms with E-state index in [-0.39, 0.29) is 48.8 Å². The van der Waals surface area contributed by atoms with E-state index in [4.69, 9.17) is 33.5 Å². The second-order valence-electron chi connectivity index (χ2n) is 34.1. The molecule has 27 nitrogen and oxygen atoms in total. The number of hydrogen-bond acceptors (Lipinski definition) is 22. The molecule has 6 aromatic heterocycles. The molecule has 3 unspecified atom stereocenters. The number of anilines is 6. The first-order chi connectivity index (χ1) is 53.1. The maximum atomic E-state index is 12.5. The zero-order chi connectivity index (χ0) is 84.7. The lowest BCUT2D eigenvalue weighted by molar-refractivity contribution is -0.142. The molecule has 0 spiro atoms. The van der Waals surface area contributed by atoms with Crippen LogP contribution in [0.2, 0.25) is 0 Å². The number of ketones is 2. The Labute approximate surface area is 672 Å². The van der Waals surface area contributed by atoms with E-state index in [9.17, 15) is 38.4 Å². The molecule has 3 atom stereocenters. The van der Waals surface area contributed by atoms with E-state index in [0.717, 1.165) is 99.2 Å². The summed E-state index contributed by atoms with van der Waals surface area (Å²) in [7, 11) is 0. The van der Waals surface area contributed by atoms with Crippen molar-refractivity contribution >= 4 is 88.5 Å². The Morgan fingerprint density at radius 1 is 0.430 bits per heavy atom. The van der Waals surface area contributed by atoms with E-state index in [1.165, 1.54) is 4.90 Å². The van der Waals surface area contributed by atoms with Gasteiger partial charge in [0, 0.05) is 99.2 Å².